The van der Waals surface area contributed by atoms with E-state index in [9.17, 15) is 18.5 Å². The number of nitrogens with zero attached hydrogens (tertiary/aromatic N) is 2. The van der Waals surface area contributed by atoms with Gasteiger partial charge in [-0.25, -0.2) is 8.42 Å². The van der Waals surface area contributed by atoms with Crippen LogP contribution in [0.3, 0.4) is 0 Å². The lowest BCUT2D eigenvalue weighted by atomic mass is 10.3. The minimum Gasteiger partial charge on any atom is -0.490 e. The van der Waals surface area contributed by atoms with Gasteiger partial charge in [-0.3, -0.25) is 14.4 Å². The fraction of sp³-hybridized carbons (Fsp3) is 0.176. The van der Waals surface area contributed by atoms with Gasteiger partial charge in [0.1, 0.15) is 12.4 Å². The number of nitro groups is 1. The molecular weight excluding hydrogens is 344 g/mol. The molecule has 0 aliphatic rings. The van der Waals surface area contributed by atoms with E-state index in [1.807, 2.05) is 0 Å². The molecule has 132 valence electrons. The quantitative estimate of drug-likeness (QED) is 0.408. The van der Waals surface area contributed by atoms with Crippen LogP contribution in [0.1, 0.15) is 6.92 Å². The number of ether oxygens (including phenoxy) is 1. The van der Waals surface area contributed by atoms with Crippen LogP contribution >= 0.6 is 0 Å². The van der Waals surface area contributed by atoms with Crippen molar-refractivity contribution in [2.24, 2.45) is 0 Å². The van der Waals surface area contributed by atoms with E-state index in [4.69, 9.17) is 4.74 Å². The van der Waals surface area contributed by atoms with Crippen LogP contribution in [0.15, 0.2) is 66.1 Å². The Kier molecular flexibility index (Phi) is 5.76. The van der Waals surface area contributed by atoms with Crippen LogP contribution in [0.2, 0.25) is 0 Å². The van der Waals surface area contributed by atoms with Gasteiger partial charge < -0.3 is 4.74 Å². The topological polar surface area (TPSA) is 89.8 Å². The lowest BCUT2D eigenvalue weighted by molar-refractivity contribution is -0.387. The molecule has 8 heteroatoms. The van der Waals surface area contributed by atoms with E-state index in [0.717, 1.165) is 4.31 Å². The molecule has 25 heavy (non-hydrogen) atoms. The number of rotatable bonds is 8. The first-order valence-electron chi connectivity index (χ1n) is 7.51. The highest BCUT2D eigenvalue weighted by atomic mass is 32.2. The summed E-state index contributed by atoms with van der Waals surface area (Å²) < 4.78 is 32.3. The maximum atomic E-state index is 12.9. The molecule has 2 aromatic carbocycles. The summed E-state index contributed by atoms with van der Waals surface area (Å²) in [6.45, 7) is 5.68. The van der Waals surface area contributed by atoms with Crippen molar-refractivity contribution in [3.8, 4) is 5.75 Å². The first kappa shape index (κ1) is 18.5. The van der Waals surface area contributed by atoms with E-state index in [0.29, 0.717) is 18.0 Å². The van der Waals surface area contributed by atoms with Crippen molar-refractivity contribution in [3.05, 3.63) is 71.3 Å². The first-order valence-corrected chi connectivity index (χ1v) is 8.95. The molecule has 0 unspecified atom stereocenters. The van der Waals surface area contributed by atoms with Crippen LogP contribution in [-0.4, -0.2) is 26.5 Å². The van der Waals surface area contributed by atoms with E-state index in [1.54, 1.807) is 37.3 Å². The molecule has 7 nitrogen and oxygen atoms in total. The molecule has 2 aromatic rings. The zero-order valence-corrected chi connectivity index (χ0v) is 14.5. The summed E-state index contributed by atoms with van der Waals surface area (Å²) in [5.74, 6) is 0.572. The first-order chi connectivity index (χ1) is 11.9. The Labute approximate surface area is 146 Å². The van der Waals surface area contributed by atoms with Gasteiger partial charge in [0.2, 0.25) is 0 Å². The SMILES string of the molecule is C=CCOc1ccc(N(CC)S(=O)(=O)c2ccccc2[N+](=O)[O-])cc1. The summed E-state index contributed by atoms with van der Waals surface area (Å²) in [6.07, 6.45) is 1.60. The third kappa shape index (κ3) is 3.97. The van der Waals surface area contributed by atoms with Crippen molar-refractivity contribution in [2.45, 2.75) is 11.8 Å². The third-order valence-electron chi connectivity index (χ3n) is 3.41. The number of benzene rings is 2. The van der Waals surface area contributed by atoms with Crippen molar-refractivity contribution in [1.29, 1.82) is 0 Å². The smallest absolute Gasteiger partial charge is 0.289 e. The molecule has 0 amide bonds. The fourth-order valence-corrected chi connectivity index (χ4v) is 3.93. The van der Waals surface area contributed by atoms with Crippen molar-refractivity contribution in [3.63, 3.8) is 0 Å². The Bertz CT molecular complexity index is 863. The molecule has 0 bridgehead atoms. The summed E-state index contributed by atoms with van der Waals surface area (Å²) in [4.78, 5) is 10.1. The number of sulfonamides is 1. The zero-order valence-electron chi connectivity index (χ0n) is 13.7. The summed E-state index contributed by atoms with van der Waals surface area (Å²) in [7, 11) is -4.07. The molecule has 0 N–H and O–H groups in total. The number of hydrogen-bond donors (Lipinski definition) is 0. The van der Waals surface area contributed by atoms with Gasteiger partial charge in [-0.1, -0.05) is 24.8 Å². The summed E-state index contributed by atoms with van der Waals surface area (Å²) in [5, 5.41) is 11.2. The molecule has 0 saturated heterocycles. The lowest BCUT2D eigenvalue weighted by Gasteiger charge is -2.23. The van der Waals surface area contributed by atoms with Gasteiger partial charge in [0.25, 0.3) is 15.7 Å². The van der Waals surface area contributed by atoms with Crippen LogP contribution in [0.25, 0.3) is 0 Å². The predicted molar refractivity (Wildman–Crippen MR) is 95.4 cm³/mol. The van der Waals surface area contributed by atoms with Crippen molar-refractivity contribution in [1.82, 2.24) is 0 Å². The summed E-state index contributed by atoms with van der Waals surface area (Å²) >= 11 is 0. The lowest BCUT2D eigenvalue weighted by Crippen LogP contribution is -2.31. The third-order valence-corrected chi connectivity index (χ3v) is 5.36. The van der Waals surface area contributed by atoms with Crippen LogP contribution in [0, 0.1) is 10.1 Å². The van der Waals surface area contributed by atoms with Gasteiger partial charge in [-0.15, -0.1) is 0 Å². The van der Waals surface area contributed by atoms with Crippen LogP contribution in [-0.2, 0) is 10.0 Å². The van der Waals surface area contributed by atoms with Crippen LogP contribution in [0.5, 0.6) is 5.75 Å². The van der Waals surface area contributed by atoms with E-state index >= 15 is 0 Å². The van der Waals surface area contributed by atoms with Gasteiger partial charge >= 0.3 is 0 Å². The zero-order chi connectivity index (χ0) is 18.4. The van der Waals surface area contributed by atoms with E-state index < -0.39 is 20.6 Å². The second kappa shape index (κ2) is 7.80. The molecule has 0 heterocycles. The van der Waals surface area contributed by atoms with Gasteiger partial charge in [0.15, 0.2) is 4.90 Å². The standard InChI is InChI=1S/C17H18N2O5S/c1-3-13-24-15-11-9-14(10-12-15)18(4-2)25(22,23)17-8-6-5-7-16(17)19(20)21/h3,5-12H,1,4,13H2,2H3. The monoisotopic (exact) mass is 362 g/mol. The minimum atomic E-state index is -4.07. The van der Waals surface area contributed by atoms with Gasteiger partial charge in [0.05, 0.1) is 10.6 Å². The summed E-state index contributed by atoms with van der Waals surface area (Å²) in [5.41, 5.74) is -0.0570. The van der Waals surface area contributed by atoms with Gasteiger partial charge in [0, 0.05) is 12.6 Å². The molecule has 0 fully saturated rings. The van der Waals surface area contributed by atoms with Crippen LogP contribution in [0.4, 0.5) is 11.4 Å². The molecule has 0 saturated carbocycles. The largest absolute Gasteiger partial charge is 0.490 e. The van der Waals surface area contributed by atoms with Gasteiger partial charge in [-0.05, 0) is 37.3 Å². The second-order valence-electron chi connectivity index (χ2n) is 4.99. The normalized spacial score (nSPS) is 10.9. The highest BCUT2D eigenvalue weighted by molar-refractivity contribution is 7.93. The Morgan fingerprint density at radius 3 is 2.40 bits per heavy atom. The van der Waals surface area contributed by atoms with Crippen molar-refractivity contribution >= 4 is 21.4 Å². The van der Waals surface area contributed by atoms with Crippen LogP contribution < -0.4 is 9.04 Å². The van der Waals surface area contributed by atoms with Gasteiger partial charge in [-0.2, -0.15) is 0 Å². The minimum absolute atomic E-state index is 0.126. The molecular formula is C17H18N2O5S. The molecule has 0 aromatic heterocycles. The maximum Gasteiger partial charge on any atom is 0.289 e. The molecule has 0 spiro atoms. The predicted octanol–water partition coefficient (Wildman–Crippen LogP) is 3.37. The molecule has 0 radical (unpaired) electrons. The molecule has 0 atom stereocenters. The Morgan fingerprint density at radius 1 is 1.20 bits per heavy atom. The highest BCUT2D eigenvalue weighted by Crippen LogP contribution is 2.30. The average molecular weight is 362 g/mol. The molecule has 0 aliphatic carbocycles. The molecule has 2 rings (SSSR count). The number of para-hydroxylation sites is 1. The summed E-state index contributed by atoms with van der Waals surface area (Å²) in [6, 6.07) is 11.7. The van der Waals surface area contributed by atoms with Crippen molar-refractivity contribution in [2.75, 3.05) is 17.5 Å². The molecule has 0 aliphatic heterocycles. The van der Waals surface area contributed by atoms with Crippen molar-refractivity contribution < 1.29 is 18.1 Å². The van der Waals surface area contributed by atoms with E-state index in [2.05, 4.69) is 6.58 Å². The second-order valence-corrected chi connectivity index (χ2v) is 6.82. The Hall–Kier alpha value is -2.87. The number of nitro benzene ring substituents is 1. The Balaban J connectivity index is 2.42. The number of anilines is 1. The van der Waals surface area contributed by atoms with E-state index in [1.165, 1.54) is 24.3 Å². The average Bonchev–Trinajstić information content (AvgIpc) is 2.61. The number of hydrogen-bond acceptors (Lipinski definition) is 5. The highest BCUT2D eigenvalue weighted by Gasteiger charge is 2.30. The fourth-order valence-electron chi connectivity index (χ4n) is 2.30. The maximum absolute atomic E-state index is 12.9. The Morgan fingerprint density at radius 2 is 1.84 bits per heavy atom. The van der Waals surface area contributed by atoms with E-state index in [-0.39, 0.29) is 11.4 Å².